The number of Topliss-reactive ketones (excluding diaryl/α,β-unsaturated/α-hetero) is 1. The van der Waals surface area contributed by atoms with Gasteiger partial charge in [-0.25, -0.2) is 0 Å². The van der Waals surface area contributed by atoms with Crippen molar-refractivity contribution >= 4 is 17.4 Å². The average molecular weight is 211 g/mol. The molecule has 14 heavy (non-hydrogen) atoms. The maximum absolute atomic E-state index is 11.6. The molecule has 0 amide bonds. The number of carbonyl (C=O) groups is 1. The van der Waals surface area contributed by atoms with E-state index in [0.29, 0.717) is 11.4 Å². The molecule has 0 spiro atoms. The van der Waals surface area contributed by atoms with Gasteiger partial charge < -0.3 is 0 Å². The Kier molecular flexibility index (Phi) is 4.15. The summed E-state index contributed by atoms with van der Waals surface area (Å²) in [5.41, 5.74) is 1.03. The summed E-state index contributed by atoms with van der Waals surface area (Å²) in [4.78, 5) is 11.6. The largest absolute Gasteiger partial charge is 0.299 e. The molecule has 0 bridgehead atoms. The van der Waals surface area contributed by atoms with Crippen molar-refractivity contribution in [3.63, 3.8) is 0 Å². The lowest BCUT2D eigenvalue weighted by Crippen LogP contribution is -2.10. The van der Waals surface area contributed by atoms with Crippen LogP contribution in [-0.2, 0) is 4.79 Å². The van der Waals surface area contributed by atoms with Crippen LogP contribution in [0.4, 0.5) is 0 Å². The molecular formula is C12H15ClO. The monoisotopic (exact) mass is 210 g/mol. The summed E-state index contributed by atoms with van der Waals surface area (Å²) in [5.74, 6) is 0.300. The van der Waals surface area contributed by atoms with E-state index >= 15 is 0 Å². The quantitative estimate of drug-likeness (QED) is 0.739. The highest BCUT2D eigenvalue weighted by atomic mass is 35.5. The second-order valence-corrected chi connectivity index (χ2v) is 3.77. The lowest BCUT2D eigenvalue weighted by molar-refractivity contribution is -0.120. The van der Waals surface area contributed by atoms with Crippen molar-refractivity contribution in [1.82, 2.24) is 0 Å². The zero-order valence-electron chi connectivity index (χ0n) is 8.59. The van der Waals surface area contributed by atoms with Gasteiger partial charge >= 0.3 is 0 Å². The van der Waals surface area contributed by atoms with Crippen LogP contribution in [0.1, 0.15) is 38.2 Å². The molecule has 76 valence electrons. The summed E-state index contributed by atoms with van der Waals surface area (Å²) in [5, 5.41) is 0.699. The number of ketones is 1. The van der Waals surface area contributed by atoms with E-state index in [1.165, 1.54) is 0 Å². The molecule has 0 aliphatic heterocycles. The molecule has 1 aromatic rings. The van der Waals surface area contributed by atoms with Crippen LogP contribution >= 0.6 is 11.6 Å². The zero-order valence-corrected chi connectivity index (χ0v) is 9.34. The van der Waals surface area contributed by atoms with Crippen molar-refractivity contribution in [3.05, 3.63) is 34.9 Å². The Morgan fingerprint density at radius 1 is 1.43 bits per heavy atom. The molecule has 0 aliphatic carbocycles. The van der Waals surface area contributed by atoms with Gasteiger partial charge in [-0.2, -0.15) is 0 Å². The maximum Gasteiger partial charge on any atom is 0.140 e. The number of halogens is 1. The van der Waals surface area contributed by atoms with Gasteiger partial charge in [0.25, 0.3) is 0 Å². The van der Waals surface area contributed by atoms with E-state index in [0.717, 1.165) is 12.0 Å². The van der Waals surface area contributed by atoms with E-state index in [9.17, 15) is 4.79 Å². The van der Waals surface area contributed by atoms with Crippen molar-refractivity contribution in [3.8, 4) is 0 Å². The van der Waals surface area contributed by atoms with Gasteiger partial charge in [-0.05, 0) is 24.1 Å². The first-order chi connectivity index (χ1) is 6.69. The standard InChI is InChI=1S/C12H15ClO/c1-3-11(12(14)4-2)9-6-5-7-10(13)8-9/h5-8,11H,3-4H2,1-2H3. The first-order valence-electron chi connectivity index (χ1n) is 4.97. The normalized spacial score (nSPS) is 12.5. The Morgan fingerprint density at radius 3 is 2.64 bits per heavy atom. The molecule has 0 saturated heterocycles. The molecule has 1 rings (SSSR count). The smallest absolute Gasteiger partial charge is 0.140 e. The predicted molar refractivity (Wildman–Crippen MR) is 59.8 cm³/mol. The van der Waals surface area contributed by atoms with Crippen molar-refractivity contribution in [2.75, 3.05) is 0 Å². The summed E-state index contributed by atoms with van der Waals surface area (Å²) < 4.78 is 0. The van der Waals surface area contributed by atoms with Gasteiger partial charge in [0.2, 0.25) is 0 Å². The highest BCUT2D eigenvalue weighted by Gasteiger charge is 2.16. The van der Waals surface area contributed by atoms with Crippen LogP contribution in [0.2, 0.25) is 5.02 Å². The van der Waals surface area contributed by atoms with Gasteiger partial charge in [0, 0.05) is 17.4 Å². The lowest BCUT2D eigenvalue weighted by atomic mass is 9.91. The summed E-state index contributed by atoms with van der Waals surface area (Å²) in [6.45, 7) is 3.93. The Hall–Kier alpha value is -0.820. The van der Waals surface area contributed by atoms with Gasteiger partial charge in [-0.1, -0.05) is 37.6 Å². The number of hydrogen-bond acceptors (Lipinski definition) is 1. The van der Waals surface area contributed by atoms with Crippen LogP contribution < -0.4 is 0 Å². The molecule has 0 aliphatic rings. The first-order valence-corrected chi connectivity index (χ1v) is 5.35. The Morgan fingerprint density at radius 2 is 2.14 bits per heavy atom. The Balaban J connectivity index is 2.94. The molecule has 0 aromatic heterocycles. The minimum Gasteiger partial charge on any atom is -0.299 e. The van der Waals surface area contributed by atoms with E-state index in [2.05, 4.69) is 0 Å². The molecule has 1 aromatic carbocycles. The molecule has 0 radical (unpaired) electrons. The van der Waals surface area contributed by atoms with Crippen LogP contribution in [0, 0.1) is 0 Å². The van der Waals surface area contributed by atoms with Gasteiger partial charge in [0.15, 0.2) is 0 Å². The van der Waals surface area contributed by atoms with Crippen LogP contribution in [0.15, 0.2) is 24.3 Å². The van der Waals surface area contributed by atoms with Crippen molar-refractivity contribution in [2.45, 2.75) is 32.6 Å². The van der Waals surface area contributed by atoms with Crippen LogP contribution in [0.3, 0.4) is 0 Å². The molecule has 0 heterocycles. The number of rotatable bonds is 4. The lowest BCUT2D eigenvalue weighted by Gasteiger charge is -2.13. The molecular weight excluding hydrogens is 196 g/mol. The fraction of sp³-hybridized carbons (Fsp3) is 0.417. The highest BCUT2D eigenvalue weighted by molar-refractivity contribution is 6.30. The van der Waals surface area contributed by atoms with Crippen molar-refractivity contribution in [2.24, 2.45) is 0 Å². The summed E-state index contributed by atoms with van der Waals surface area (Å²) in [7, 11) is 0. The van der Waals surface area contributed by atoms with Crippen molar-refractivity contribution < 1.29 is 4.79 Å². The third-order valence-electron chi connectivity index (χ3n) is 2.40. The van der Waals surface area contributed by atoms with Crippen LogP contribution in [0.25, 0.3) is 0 Å². The van der Waals surface area contributed by atoms with Gasteiger partial charge in [-0.3, -0.25) is 4.79 Å². The summed E-state index contributed by atoms with van der Waals surface area (Å²) >= 11 is 5.88. The van der Waals surface area contributed by atoms with E-state index in [1.54, 1.807) is 0 Å². The molecule has 0 N–H and O–H groups in total. The highest BCUT2D eigenvalue weighted by Crippen LogP contribution is 2.24. The Bertz CT molecular complexity index is 320. The SMILES string of the molecule is CCC(=O)C(CC)c1cccc(Cl)c1. The zero-order chi connectivity index (χ0) is 10.6. The fourth-order valence-electron chi connectivity index (χ4n) is 1.62. The molecule has 1 unspecified atom stereocenters. The van der Waals surface area contributed by atoms with Gasteiger partial charge in [-0.15, -0.1) is 0 Å². The van der Waals surface area contributed by atoms with Crippen LogP contribution in [0.5, 0.6) is 0 Å². The van der Waals surface area contributed by atoms with E-state index < -0.39 is 0 Å². The maximum atomic E-state index is 11.6. The second kappa shape index (κ2) is 5.16. The number of hydrogen-bond donors (Lipinski definition) is 0. The van der Waals surface area contributed by atoms with Crippen molar-refractivity contribution in [1.29, 1.82) is 0 Å². The number of benzene rings is 1. The minimum atomic E-state index is 0.0127. The second-order valence-electron chi connectivity index (χ2n) is 3.34. The average Bonchev–Trinajstić information content (AvgIpc) is 2.19. The Labute approximate surface area is 90.1 Å². The fourth-order valence-corrected chi connectivity index (χ4v) is 1.82. The minimum absolute atomic E-state index is 0.0127. The molecule has 2 heteroatoms. The topological polar surface area (TPSA) is 17.1 Å². The summed E-state index contributed by atoms with van der Waals surface area (Å²) in [6.07, 6.45) is 1.43. The summed E-state index contributed by atoms with van der Waals surface area (Å²) in [6, 6.07) is 7.56. The predicted octanol–water partition coefficient (Wildman–Crippen LogP) is 3.81. The third-order valence-corrected chi connectivity index (χ3v) is 2.63. The van der Waals surface area contributed by atoms with E-state index in [1.807, 2.05) is 38.1 Å². The van der Waals surface area contributed by atoms with E-state index in [4.69, 9.17) is 11.6 Å². The number of carbonyl (C=O) groups excluding carboxylic acids is 1. The molecule has 1 nitrogen and oxygen atoms in total. The molecule has 1 atom stereocenters. The molecule has 0 fully saturated rings. The molecule has 0 saturated carbocycles. The van der Waals surface area contributed by atoms with Crippen LogP contribution in [-0.4, -0.2) is 5.78 Å². The first kappa shape index (κ1) is 11.3. The van der Waals surface area contributed by atoms with E-state index in [-0.39, 0.29) is 11.7 Å². The third kappa shape index (κ3) is 2.58. The van der Waals surface area contributed by atoms with Gasteiger partial charge in [0.05, 0.1) is 0 Å². The van der Waals surface area contributed by atoms with Gasteiger partial charge in [0.1, 0.15) is 5.78 Å².